The van der Waals surface area contributed by atoms with Crippen LogP contribution in [0.1, 0.15) is 12.5 Å². The van der Waals surface area contributed by atoms with Crippen LogP contribution in [-0.2, 0) is 11.2 Å². The van der Waals surface area contributed by atoms with Crippen LogP contribution in [0.2, 0.25) is 0 Å². The summed E-state index contributed by atoms with van der Waals surface area (Å²) in [5.74, 6) is 0. The maximum atomic E-state index is 5.15. The van der Waals surface area contributed by atoms with Crippen molar-refractivity contribution in [3.8, 4) is 0 Å². The minimum absolute atomic E-state index is 0.630. The Morgan fingerprint density at radius 1 is 1.44 bits per heavy atom. The Morgan fingerprint density at radius 3 is 2.94 bits per heavy atom. The molecule has 0 fully saturated rings. The lowest BCUT2D eigenvalue weighted by molar-refractivity contribution is 0.204. The zero-order chi connectivity index (χ0) is 11.8. The molecule has 0 spiro atoms. The first-order chi connectivity index (χ1) is 7.76. The molecule has 0 atom stereocenters. The van der Waals surface area contributed by atoms with Crippen LogP contribution in [0.15, 0.2) is 24.3 Å². The smallest absolute Gasteiger partial charge is 0.170 e. The molecule has 0 heterocycles. The fourth-order valence-corrected chi connectivity index (χ4v) is 1.53. The fourth-order valence-electron chi connectivity index (χ4n) is 1.31. The van der Waals surface area contributed by atoms with Gasteiger partial charge in [-0.3, -0.25) is 0 Å². The van der Waals surface area contributed by atoms with E-state index in [1.165, 1.54) is 5.56 Å². The molecule has 1 aromatic rings. The minimum Gasteiger partial charge on any atom is -0.383 e. The van der Waals surface area contributed by atoms with E-state index in [2.05, 4.69) is 29.7 Å². The first-order valence-corrected chi connectivity index (χ1v) is 5.79. The van der Waals surface area contributed by atoms with Crippen molar-refractivity contribution >= 4 is 23.0 Å². The summed E-state index contributed by atoms with van der Waals surface area (Å²) < 4.78 is 4.93. The van der Waals surface area contributed by atoms with Gasteiger partial charge in [0.15, 0.2) is 5.11 Å². The third-order valence-corrected chi connectivity index (χ3v) is 2.43. The highest BCUT2D eigenvalue weighted by atomic mass is 32.1. The SMILES string of the molecule is CCc1cccc(NC(=S)NCCOC)c1. The Bertz CT molecular complexity index is 342. The molecule has 4 heteroatoms. The van der Waals surface area contributed by atoms with Gasteiger partial charge < -0.3 is 15.4 Å². The number of hydrogen-bond donors (Lipinski definition) is 2. The number of ether oxygens (including phenoxy) is 1. The highest BCUT2D eigenvalue weighted by Crippen LogP contribution is 2.10. The van der Waals surface area contributed by atoms with Gasteiger partial charge in [-0.15, -0.1) is 0 Å². The monoisotopic (exact) mass is 238 g/mol. The number of aryl methyl sites for hydroxylation is 1. The molecule has 0 saturated carbocycles. The van der Waals surface area contributed by atoms with E-state index >= 15 is 0 Å². The molecule has 1 aromatic carbocycles. The molecule has 0 aliphatic heterocycles. The molecule has 0 unspecified atom stereocenters. The predicted molar refractivity (Wildman–Crippen MR) is 71.9 cm³/mol. The van der Waals surface area contributed by atoms with Crippen LogP contribution in [0.3, 0.4) is 0 Å². The van der Waals surface area contributed by atoms with Crippen LogP contribution >= 0.6 is 12.2 Å². The Hall–Kier alpha value is -1.13. The van der Waals surface area contributed by atoms with Gasteiger partial charge >= 0.3 is 0 Å². The highest BCUT2D eigenvalue weighted by Gasteiger charge is 1.97. The standard InChI is InChI=1S/C12H18N2OS/c1-3-10-5-4-6-11(9-10)14-12(16)13-7-8-15-2/h4-6,9H,3,7-8H2,1-2H3,(H2,13,14,16). The lowest BCUT2D eigenvalue weighted by atomic mass is 10.1. The molecule has 0 aromatic heterocycles. The van der Waals surface area contributed by atoms with Gasteiger partial charge in [0.25, 0.3) is 0 Å². The van der Waals surface area contributed by atoms with Gasteiger partial charge in [-0.25, -0.2) is 0 Å². The largest absolute Gasteiger partial charge is 0.383 e. The zero-order valence-corrected chi connectivity index (χ0v) is 10.6. The van der Waals surface area contributed by atoms with Crippen molar-refractivity contribution in [2.24, 2.45) is 0 Å². The van der Waals surface area contributed by atoms with E-state index in [9.17, 15) is 0 Å². The number of methoxy groups -OCH3 is 1. The van der Waals surface area contributed by atoms with E-state index in [0.29, 0.717) is 11.7 Å². The predicted octanol–water partition coefficient (Wildman–Crippen LogP) is 2.18. The summed E-state index contributed by atoms with van der Waals surface area (Å²) in [5, 5.41) is 6.84. The molecule has 3 nitrogen and oxygen atoms in total. The van der Waals surface area contributed by atoms with Gasteiger partial charge in [-0.2, -0.15) is 0 Å². The Balaban J connectivity index is 2.43. The van der Waals surface area contributed by atoms with Crippen LogP contribution in [0.4, 0.5) is 5.69 Å². The normalized spacial score (nSPS) is 9.88. The van der Waals surface area contributed by atoms with Crippen molar-refractivity contribution in [2.45, 2.75) is 13.3 Å². The van der Waals surface area contributed by atoms with Gasteiger partial charge in [0.1, 0.15) is 0 Å². The number of nitrogens with one attached hydrogen (secondary N) is 2. The Labute approximate surface area is 102 Å². The summed E-state index contributed by atoms with van der Waals surface area (Å²) in [4.78, 5) is 0. The average molecular weight is 238 g/mol. The summed E-state index contributed by atoms with van der Waals surface area (Å²) in [7, 11) is 1.67. The summed E-state index contributed by atoms with van der Waals surface area (Å²) >= 11 is 5.15. The molecule has 0 bridgehead atoms. The molecule has 0 aliphatic carbocycles. The first-order valence-electron chi connectivity index (χ1n) is 5.39. The Morgan fingerprint density at radius 2 is 2.25 bits per heavy atom. The molecular weight excluding hydrogens is 220 g/mol. The number of thiocarbonyl (C=S) groups is 1. The molecule has 0 radical (unpaired) electrons. The summed E-state index contributed by atoms with van der Waals surface area (Å²) in [6.45, 7) is 3.50. The third kappa shape index (κ3) is 4.59. The van der Waals surface area contributed by atoms with E-state index in [1.54, 1.807) is 7.11 Å². The second kappa shape index (κ2) is 7.19. The van der Waals surface area contributed by atoms with Gasteiger partial charge in [0.2, 0.25) is 0 Å². The summed E-state index contributed by atoms with van der Waals surface area (Å²) in [6.07, 6.45) is 1.03. The quantitative estimate of drug-likeness (QED) is 0.608. The van der Waals surface area contributed by atoms with Crippen molar-refractivity contribution < 1.29 is 4.74 Å². The first kappa shape index (κ1) is 12.9. The van der Waals surface area contributed by atoms with Gasteiger partial charge in [0, 0.05) is 19.3 Å². The van der Waals surface area contributed by atoms with Gasteiger partial charge in [-0.1, -0.05) is 19.1 Å². The maximum absolute atomic E-state index is 5.15. The highest BCUT2D eigenvalue weighted by molar-refractivity contribution is 7.80. The third-order valence-electron chi connectivity index (χ3n) is 2.18. The molecular formula is C12H18N2OS. The minimum atomic E-state index is 0.630. The van der Waals surface area contributed by atoms with Crippen molar-refractivity contribution in [2.75, 3.05) is 25.6 Å². The van der Waals surface area contributed by atoms with Crippen LogP contribution in [0.25, 0.3) is 0 Å². The van der Waals surface area contributed by atoms with E-state index in [-0.39, 0.29) is 0 Å². The van der Waals surface area contributed by atoms with E-state index < -0.39 is 0 Å². The summed E-state index contributed by atoms with van der Waals surface area (Å²) in [5.41, 5.74) is 2.32. The van der Waals surface area contributed by atoms with E-state index in [0.717, 1.165) is 18.7 Å². The lowest BCUT2D eigenvalue weighted by Crippen LogP contribution is -2.31. The number of anilines is 1. The molecule has 88 valence electrons. The fraction of sp³-hybridized carbons (Fsp3) is 0.417. The lowest BCUT2D eigenvalue weighted by Gasteiger charge is -2.10. The van der Waals surface area contributed by atoms with Crippen LogP contribution in [-0.4, -0.2) is 25.4 Å². The van der Waals surface area contributed by atoms with Crippen LogP contribution in [0, 0.1) is 0 Å². The summed E-state index contributed by atoms with van der Waals surface area (Å²) in [6, 6.07) is 8.24. The van der Waals surface area contributed by atoms with Crippen molar-refractivity contribution in [3.05, 3.63) is 29.8 Å². The second-order valence-corrected chi connectivity index (χ2v) is 3.84. The molecule has 2 N–H and O–H groups in total. The van der Waals surface area contributed by atoms with E-state index in [4.69, 9.17) is 17.0 Å². The van der Waals surface area contributed by atoms with Crippen molar-refractivity contribution in [1.29, 1.82) is 0 Å². The van der Waals surface area contributed by atoms with Crippen molar-refractivity contribution in [1.82, 2.24) is 5.32 Å². The second-order valence-electron chi connectivity index (χ2n) is 3.43. The average Bonchev–Trinajstić information content (AvgIpc) is 2.29. The topological polar surface area (TPSA) is 33.3 Å². The Kier molecular flexibility index (Phi) is 5.82. The zero-order valence-electron chi connectivity index (χ0n) is 9.75. The van der Waals surface area contributed by atoms with Crippen LogP contribution < -0.4 is 10.6 Å². The number of rotatable bonds is 5. The molecule has 1 rings (SSSR count). The van der Waals surface area contributed by atoms with Gasteiger partial charge in [-0.05, 0) is 36.3 Å². The molecule has 16 heavy (non-hydrogen) atoms. The maximum Gasteiger partial charge on any atom is 0.170 e. The molecule has 0 aliphatic rings. The molecule has 0 amide bonds. The number of hydrogen-bond acceptors (Lipinski definition) is 2. The van der Waals surface area contributed by atoms with Crippen molar-refractivity contribution in [3.63, 3.8) is 0 Å². The van der Waals surface area contributed by atoms with Gasteiger partial charge in [0.05, 0.1) is 6.61 Å². The molecule has 0 saturated heterocycles. The van der Waals surface area contributed by atoms with E-state index in [1.807, 2.05) is 12.1 Å². The number of benzene rings is 1. The van der Waals surface area contributed by atoms with Crippen LogP contribution in [0.5, 0.6) is 0 Å².